The average molecular weight is 344 g/mol. The smallest absolute Gasteiger partial charge is 0.339 e. The summed E-state index contributed by atoms with van der Waals surface area (Å²) in [5.74, 6) is -0.615. The van der Waals surface area contributed by atoms with Crippen molar-refractivity contribution in [3.63, 3.8) is 0 Å². The summed E-state index contributed by atoms with van der Waals surface area (Å²) in [4.78, 5) is 11.8. The molecule has 1 aliphatic carbocycles. The van der Waals surface area contributed by atoms with Crippen molar-refractivity contribution < 1.29 is 19.7 Å². The minimum Gasteiger partial charge on any atom is -0.507 e. The molecule has 0 amide bonds. The largest absolute Gasteiger partial charge is 0.507 e. The van der Waals surface area contributed by atoms with Gasteiger partial charge in [0.05, 0.1) is 0 Å². The molecule has 136 valence electrons. The van der Waals surface area contributed by atoms with E-state index in [0.717, 1.165) is 19.3 Å². The standard InChI is InChI=1S/C21H28O4/c1-6-7-13-11-15-17(18(22)16(13)19(23)24)14-10-12(2)8-9-21(14,5)20(3,4)25-15/h10-11,14,22H,6-9H2,1-5H3,(H,23,24)/t14-,21+/m0/s1. The van der Waals surface area contributed by atoms with Crippen LogP contribution >= 0.6 is 0 Å². The predicted octanol–water partition coefficient (Wildman–Crippen LogP) is 5.04. The van der Waals surface area contributed by atoms with Crippen LogP contribution in [0.4, 0.5) is 0 Å². The summed E-state index contributed by atoms with van der Waals surface area (Å²) in [6.45, 7) is 10.5. The first-order valence-electron chi connectivity index (χ1n) is 9.10. The van der Waals surface area contributed by atoms with Crippen LogP contribution in [0.15, 0.2) is 17.7 Å². The van der Waals surface area contributed by atoms with Gasteiger partial charge in [0, 0.05) is 16.9 Å². The molecule has 2 aliphatic rings. The highest BCUT2D eigenvalue weighted by Crippen LogP contribution is 2.61. The number of phenols is 1. The molecule has 0 bridgehead atoms. The molecule has 0 fully saturated rings. The predicted molar refractivity (Wildman–Crippen MR) is 97.6 cm³/mol. The Morgan fingerprint density at radius 2 is 2.04 bits per heavy atom. The van der Waals surface area contributed by atoms with Gasteiger partial charge in [0.2, 0.25) is 0 Å². The fourth-order valence-electron chi connectivity index (χ4n) is 4.43. The zero-order chi connectivity index (χ0) is 18.6. The first kappa shape index (κ1) is 17.8. The zero-order valence-electron chi connectivity index (χ0n) is 15.8. The van der Waals surface area contributed by atoms with Crippen molar-refractivity contribution in [1.82, 2.24) is 0 Å². The third kappa shape index (κ3) is 2.54. The van der Waals surface area contributed by atoms with Gasteiger partial charge in [0.1, 0.15) is 22.7 Å². The molecule has 25 heavy (non-hydrogen) atoms. The molecule has 4 heteroatoms. The van der Waals surface area contributed by atoms with Gasteiger partial charge in [0.25, 0.3) is 0 Å². The molecule has 0 spiro atoms. The van der Waals surface area contributed by atoms with Crippen LogP contribution in [0.2, 0.25) is 0 Å². The minimum absolute atomic E-state index is 0.0304. The highest BCUT2D eigenvalue weighted by Gasteiger charge is 2.54. The van der Waals surface area contributed by atoms with E-state index >= 15 is 0 Å². The SMILES string of the molecule is CCCc1cc2c(c(O)c1C(=O)O)[C@@H]1C=C(C)CC[C@@]1(C)C(C)(C)O2. The van der Waals surface area contributed by atoms with Gasteiger partial charge < -0.3 is 14.9 Å². The van der Waals surface area contributed by atoms with E-state index in [1.54, 1.807) is 0 Å². The van der Waals surface area contributed by atoms with Gasteiger partial charge in [0.15, 0.2) is 0 Å². The second-order valence-corrected chi connectivity index (χ2v) is 8.25. The van der Waals surface area contributed by atoms with E-state index in [4.69, 9.17) is 4.74 Å². The first-order valence-corrected chi connectivity index (χ1v) is 9.10. The maximum Gasteiger partial charge on any atom is 0.339 e. The molecule has 1 heterocycles. The number of allylic oxidation sites excluding steroid dienone is 2. The van der Waals surface area contributed by atoms with Crippen molar-refractivity contribution in [2.45, 2.75) is 71.8 Å². The van der Waals surface area contributed by atoms with Gasteiger partial charge in [-0.05, 0) is 51.7 Å². The second-order valence-electron chi connectivity index (χ2n) is 8.25. The van der Waals surface area contributed by atoms with Crippen molar-refractivity contribution >= 4 is 5.97 Å². The molecule has 2 atom stereocenters. The molecule has 1 aromatic rings. The molecule has 1 aliphatic heterocycles. The Labute approximate surface area is 149 Å². The number of aryl methyl sites for hydroxylation is 1. The van der Waals surface area contributed by atoms with Crippen LogP contribution < -0.4 is 4.74 Å². The Kier molecular flexibility index (Phi) is 4.13. The maximum atomic E-state index is 11.8. The lowest BCUT2D eigenvalue weighted by Gasteiger charge is -2.54. The van der Waals surface area contributed by atoms with Crippen molar-refractivity contribution in [2.24, 2.45) is 5.41 Å². The van der Waals surface area contributed by atoms with Gasteiger partial charge in [-0.1, -0.05) is 31.9 Å². The molecular formula is C21H28O4. The monoisotopic (exact) mass is 344 g/mol. The van der Waals surface area contributed by atoms with Crippen LogP contribution in [-0.4, -0.2) is 21.8 Å². The van der Waals surface area contributed by atoms with E-state index in [2.05, 4.69) is 33.8 Å². The van der Waals surface area contributed by atoms with E-state index in [1.807, 2.05) is 13.0 Å². The summed E-state index contributed by atoms with van der Waals surface area (Å²) in [5.41, 5.74) is 1.99. The lowest BCUT2D eigenvalue weighted by atomic mass is 9.57. The summed E-state index contributed by atoms with van der Waals surface area (Å²) >= 11 is 0. The fourth-order valence-corrected chi connectivity index (χ4v) is 4.43. The molecule has 0 unspecified atom stereocenters. The molecule has 0 saturated carbocycles. The Hall–Kier alpha value is -1.97. The maximum absolute atomic E-state index is 11.8. The third-order valence-electron chi connectivity index (χ3n) is 6.34. The van der Waals surface area contributed by atoms with Gasteiger partial charge in [-0.25, -0.2) is 4.79 Å². The molecule has 2 N–H and O–H groups in total. The van der Waals surface area contributed by atoms with Gasteiger partial charge in [-0.3, -0.25) is 0 Å². The molecule has 0 radical (unpaired) electrons. The third-order valence-corrected chi connectivity index (χ3v) is 6.34. The Balaban J connectivity index is 2.31. The highest BCUT2D eigenvalue weighted by molar-refractivity contribution is 5.94. The summed E-state index contributed by atoms with van der Waals surface area (Å²) < 4.78 is 6.35. The van der Waals surface area contributed by atoms with E-state index < -0.39 is 11.6 Å². The number of carbonyl (C=O) groups is 1. The number of carboxylic acids is 1. The first-order chi connectivity index (χ1) is 11.6. The number of ether oxygens (including phenoxy) is 1. The van der Waals surface area contributed by atoms with Crippen molar-refractivity contribution in [2.75, 3.05) is 0 Å². The number of hydrogen-bond donors (Lipinski definition) is 2. The fraction of sp³-hybridized carbons (Fsp3) is 0.571. The molecule has 1 aromatic carbocycles. The molecular weight excluding hydrogens is 316 g/mol. The number of rotatable bonds is 3. The van der Waals surface area contributed by atoms with Gasteiger partial charge in [-0.2, -0.15) is 0 Å². The van der Waals surface area contributed by atoms with Crippen LogP contribution in [-0.2, 0) is 6.42 Å². The van der Waals surface area contributed by atoms with Crippen molar-refractivity contribution in [1.29, 1.82) is 0 Å². The molecule has 3 rings (SSSR count). The topological polar surface area (TPSA) is 66.8 Å². The summed E-state index contributed by atoms with van der Waals surface area (Å²) in [7, 11) is 0. The van der Waals surface area contributed by atoms with Crippen molar-refractivity contribution in [3.05, 3.63) is 34.4 Å². The normalized spacial score (nSPS) is 26.9. The van der Waals surface area contributed by atoms with Crippen LogP contribution in [0.5, 0.6) is 11.5 Å². The molecule has 0 saturated heterocycles. The minimum atomic E-state index is -1.08. The van der Waals surface area contributed by atoms with E-state index in [0.29, 0.717) is 23.3 Å². The number of aromatic hydroxyl groups is 1. The lowest BCUT2D eigenvalue weighted by molar-refractivity contribution is -0.0578. The number of hydrogen-bond acceptors (Lipinski definition) is 3. The van der Waals surface area contributed by atoms with Crippen LogP contribution in [0.3, 0.4) is 0 Å². The Morgan fingerprint density at radius 3 is 2.64 bits per heavy atom. The van der Waals surface area contributed by atoms with Crippen LogP contribution in [0.1, 0.15) is 81.3 Å². The van der Waals surface area contributed by atoms with E-state index in [9.17, 15) is 15.0 Å². The van der Waals surface area contributed by atoms with E-state index in [-0.39, 0.29) is 22.6 Å². The van der Waals surface area contributed by atoms with Gasteiger partial charge >= 0.3 is 5.97 Å². The number of aromatic carboxylic acids is 1. The number of fused-ring (bicyclic) bond motifs is 3. The van der Waals surface area contributed by atoms with E-state index in [1.165, 1.54) is 5.57 Å². The number of benzene rings is 1. The Morgan fingerprint density at radius 1 is 1.36 bits per heavy atom. The summed E-state index contributed by atoms with van der Waals surface area (Å²) in [6, 6.07) is 1.83. The summed E-state index contributed by atoms with van der Waals surface area (Å²) in [5, 5.41) is 20.6. The van der Waals surface area contributed by atoms with Gasteiger partial charge in [-0.15, -0.1) is 0 Å². The molecule has 0 aromatic heterocycles. The second kappa shape index (κ2) is 5.79. The Bertz CT molecular complexity index is 760. The van der Waals surface area contributed by atoms with Crippen molar-refractivity contribution in [3.8, 4) is 11.5 Å². The highest BCUT2D eigenvalue weighted by atomic mass is 16.5. The quantitative estimate of drug-likeness (QED) is 0.754. The average Bonchev–Trinajstić information content (AvgIpc) is 2.49. The molecule has 4 nitrogen and oxygen atoms in total. The zero-order valence-corrected chi connectivity index (χ0v) is 15.8. The van der Waals surface area contributed by atoms with Crippen LogP contribution in [0, 0.1) is 5.41 Å². The lowest BCUT2D eigenvalue weighted by Crippen LogP contribution is -2.53. The number of carboxylic acid groups (broad SMARTS) is 1. The van der Waals surface area contributed by atoms with Crippen LogP contribution in [0.25, 0.3) is 0 Å². The summed E-state index contributed by atoms with van der Waals surface area (Å²) in [6.07, 6.45) is 5.54.